The van der Waals surface area contributed by atoms with E-state index in [-0.39, 0.29) is 185 Å². The lowest BCUT2D eigenvalue weighted by atomic mass is 10.2. The number of nitrogens with zero attached hydrogens (tertiary/aromatic N) is 12. The van der Waals surface area contributed by atoms with E-state index in [2.05, 4.69) is 66.5 Å². The predicted octanol–water partition coefficient (Wildman–Crippen LogP) is 15.8. The first-order chi connectivity index (χ1) is 51.7. The second kappa shape index (κ2) is 41.5. The number of aromatic hydroxyl groups is 5. The number of benzene rings is 5. The minimum absolute atomic E-state index is 0.0800. The molecule has 0 bridgehead atoms. The molecule has 0 saturated carbocycles. The highest BCUT2D eigenvalue weighted by molar-refractivity contribution is 6.42. The third-order valence-corrected chi connectivity index (χ3v) is 20.0. The zero-order chi connectivity index (χ0) is 82.4. The lowest BCUT2D eigenvalue weighted by Crippen LogP contribution is -2.32. The van der Waals surface area contributed by atoms with Gasteiger partial charge in [-0.05, 0) is 107 Å². The maximum atomic E-state index is 13.0. The number of fused-ring (bicyclic) bond motifs is 5. The van der Waals surface area contributed by atoms with E-state index in [1.165, 1.54) is 34.9 Å². The van der Waals surface area contributed by atoms with Crippen molar-refractivity contribution >= 4 is 171 Å². The Kier molecular flexibility index (Phi) is 34.9. The molecule has 110 heavy (non-hydrogen) atoms. The van der Waals surface area contributed by atoms with Gasteiger partial charge in [-0.3, -0.25) is 56.6 Å². The molecule has 0 radical (unpaired) electrons. The molecule has 10 rings (SSSR count). The zero-order valence-corrected chi connectivity index (χ0v) is 71.8. The molecule has 5 aromatic carbocycles. The van der Waals surface area contributed by atoms with Crippen molar-refractivity contribution in [2.24, 2.45) is 30.7 Å². The van der Waals surface area contributed by atoms with E-state index in [0.29, 0.717) is 88.0 Å². The van der Waals surface area contributed by atoms with E-state index < -0.39 is 0 Å². The molecule has 0 atom stereocenters. The first-order valence-corrected chi connectivity index (χ1v) is 39.5. The molecule has 25 nitrogen and oxygen atoms in total. The Bertz CT molecular complexity index is 5300. The van der Waals surface area contributed by atoms with Crippen molar-refractivity contribution in [3.05, 3.63) is 161 Å². The molecular weight excluding hydrogens is 1630 g/mol. The maximum absolute atomic E-state index is 13.0. The molecule has 0 aliphatic carbocycles. The summed E-state index contributed by atoms with van der Waals surface area (Å²) in [5.74, 6) is 2.85. The second-order valence-electron chi connectivity index (χ2n) is 27.6. The Morgan fingerprint density at radius 1 is 0.382 bits per heavy atom. The summed E-state index contributed by atoms with van der Waals surface area (Å²) in [4.78, 5) is 90.0. The maximum Gasteiger partial charge on any atom is 0.263 e. The highest BCUT2D eigenvalue weighted by Crippen LogP contribution is 2.40. The van der Waals surface area contributed by atoms with Crippen molar-refractivity contribution < 1.29 is 25.5 Å². The molecule has 0 spiro atoms. The Balaban J connectivity index is 0.000000215. The van der Waals surface area contributed by atoms with E-state index in [9.17, 15) is 49.5 Å². The Morgan fingerprint density at radius 2 is 0.655 bits per heavy atom. The van der Waals surface area contributed by atoms with Crippen LogP contribution in [0.1, 0.15) is 126 Å². The molecule has 600 valence electrons. The third-order valence-electron chi connectivity index (χ3n) is 17.1. The Morgan fingerprint density at radius 3 is 0.927 bits per heavy atom. The van der Waals surface area contributed by atoms with Crippen molar-refractivity contribution in [2.75, 3.05) is 46.8 Å². The van der Waals surface area contributed by atoms with Crippen LogP contribution in [0.25, 0.3) is 54.5 Å². The number of rotatable bonds is 24. The van der Waals surface area contributed by atoms with Crippen LogP contribution in [0.15, 0.2) is 54.3 Å². The molecule has 0 unspecified atom stereocenters. The average molecular weight is 1720 g/mol. The van der Waals surface area contributed by atoms with Crippen molar-refractivity contribution in [1.29, 1.82) is 0 Å². The lowest BCUT2D eigenvalue weighted by Gasteiger charge is -2.22. The van der Waals surface area contributed by atoms with E-state index in [4.69, 9.17) is 116 Å². The quantitative estimate of drug-likeness (QED) is 0.0261. The van der Waals surface area contributed by atoms with Gasteiger partial charge >= 0.3 is 0 Å². The Hall–Kier alpha value is -6.50. The van der Waals surface area contributed by atoms with Gasteiger partial charge in [0.1, 0.15) is 56.7 Å². The largest absolute Gasteiger partial charge is 0.504 e. The van der Waals surface area contributed by atoms with Crippen LogP contribution in [-0.4, -0.2) is 130 Å². The minimum Gasteiger partial charge on any atom is -0.504 e. The molecule has 0 amide bonds. The van der Waals surface area contributed by atoms with Crippen LogP contribution in [0, 0.1) is 23.7 Å². The fourth-order valence-corrected chi connectivity index (χ4v) is 14.1. The molecule has 0 saturated heterocycles. The summed E-state index contributed by atoms with van der Waals surface area (Å²) in [6, 6.07) is 6.84. The summed E-state index contributed by atoms with van der Waals surface area (Å²) >= 11 is 60.3. The van der Waals surface area contributed by atoms with E-state index >= 15 is 0 Å². The van der Waals surface area contributed by atoms with Gasteiger partial charge in [0.2, 0.25) is 0 Å². The summed E-state index contributed by atoms with van der Waals surface area (Å²) in [5, 5.41) is 62.3. The van der Waals surface area contributed by atoms with Crippen molar-refractivity contribution in [2.45, 2.75) is 155 Å². The molecule has 0 aliphatic heterocycles. The van der Waals surface area contributed by atoms with Crippen molar-refractivity contribution in [1.82, 2.24) is 73.5 Å². The fourth-order valence-electron chi connectivity index (χ4n) is 11.5. The summed E-state index contributed by atoms with van der Waals surface area (Å²) in [6.45, 7) is 34.8. The van der Waals surface area contributed by atoms with Crippen molar-refractivity contribution in [3.63, 3.8) is 0 Å². The molecule has 0 fully saturated rings. The first kappa shape index (κ1) is 92.4. The van der Waals surface area contributed by atoms with E-state index in [1.807, 2.05) is 81.2 Å². The van der Waals surface area contributed by atoms with Gasteiger partial charge in [0, 0.05) is 33.2 Å². The van der Waals surface area contributed by atoms with Crippen LogP contribution < -0.4 is 43.7 Å². The van der Waals surface area contributed by atoms with Crippen LogP contribution in [0.3, 0.4) is 0 Å². The zero-order valence-electron chi connectivity index (χ0n) is 64.2. The summed E-state index contributed by atoms with van der Waals surface area (Å²) in [6.07, 6.45) is 0.977. The van der Waals surface area contributed by atoms with Crippen LogP contribution >= 0.6 is 116 Å². The second-order valence-corrected chi connectivity index (χ2v) is 31.7. The number of hydrogen-bond acceptors (Lipinski definition) is 20. The van der Waals surface area contributed by atoms with E-state index in [1.54, 1.807) is 32.4 Å². The van der Waals surface area contributed by atoms with Gasteiger partial charge in [-0.1, -0.05) is 206 Å². The third kappa shape index (κ3) is 22.1. The average Bonchev–Trinajstić information content (AvgIpc) is 0.792. The topological polar surface area (TPSA) is 318 Å². The number of phenolic OH excluding ortho intramolecular Hbond substituents is 5. The van der Waals surface area contributed by atoms with Gasteiger partial charge in [-0.25, -0.2) is 24.9 Å². The molecule has 5 aromatic heterocycles. The highest BCUT2D eigenvalue weighted by Gasteiger charge is 2.26. The van der Waals surface area contributed by atoms with Crippen LogP contribution in [0.2, 0.25) is 50.2 Å². The summed E-state index contributed by atoms with van der Waals surface area (Å²) in [7, 11) is 5.32. The molecule has 8 N–H and O–H groups in total. The number of halogens is 10. The van der Waals surface area contributed by atoms with Gasteiger partial charge in [-0.2, -0.15) is 0 Å². The molecular formula is C75H95Cl10N15O10. The number of phenols is 5. The molecule has 0 aliphatic rings. The predicted molar refractivity (Wildman–Crippen MR) is 450 cm³/mol. The number of hydrogen-bond donors (Lipinski definition) is 8. The van der Waals surface area contributed by atoms with Gasteiger partial charge in [0.05, 0.1) is 110 Å². The Labute approximate surface area is 687 Å². The fraction of sp³-hybridized carbons (Fsp3) is 0.467. The standard InChI is InChI=1S/C17H23Cl2N3O2.C16H21Cl2N3O2.C15H19Cl2N3O2.C14H17Cl2N3O2.C13H15Cl2N3O2/c1-5-21(6-2)9-13-20-15-14(11(18)7-12(19)16(15)23)17(24)22(13)8-10(3)4;1-4-5-19-7-12-20-14-13(10(17)6-11(18)15(14)22)16(23)21(12)8-9(2)3;1-4-18-6-11-19-13-12(9(16)5-10(17)14(13)21)15(22)20(11)7-8(2)3;1-7(2)6-19-10(5-17-3)18-12-11(14(19)21)8(15)4-9(16)13(12)20;1-4-17(2)6-9-16-11-10(13(20)18(9)3)7(14)5-8(15)12(11)19/h7,10,23H,5-6,8-9H2,1-4H3;6,9,19,22H,4-5,7-8H2,1-3H3;5,8,18,21H,4,6-7H2,1-3H3;4,7,17,20H,5-6H2,1-3H3;5,19H,4,6H2,1-3H3. The van der Waals surface area contributed by atoms with Crippen LogP contribution in [0.5, 0.6) is 28.7 Å². The summed E-state index contributed by atoms with van der Waals surface area (Å²) in [5.41, 5.74) is -0.573. The van der Waals surface area contributed by atoms with Gasteiger partial charge in [-0.15, -0.1) is 0 Å². The lowest BCUT2D eigenvalue weighted by molar-refractivity contribution is 0.279. The molecule has 35 heteroatoms. The van der Waals surface area contributed by atoms with Crippen molar-refractivity contribution in [3.8, 4) is 28.7 Å². The van der Waals surface area contributed by atoms with Crippen LogP contribution in [-0.2, 0) is 66.0 Å². The smallest absolute Gasteiger partial charge is 0.263 e. The SMILES string of the molecule is CCCNCc1nc2c(O)c(Cl)cc(Cl)c2c(=O)n1CC(C)C.CCN(C)Cc1nc2c(O)c(Cl)cc(Cl)c2c(=O)n1C.CCN(CC)Cc1nc2c(O)c(Cl)cc(Cl)c2c(=O)n1CC(C)C.CCNCc1nc2c(O)c(Cl)cc(Cl)c2c(=O)n1CC(C)C.CNCc1nc2c(O)c(Cl)cc(Cl)c2c(=O)n1CC(C)C. The van der Waals surface area contributed by atoms with E-state index in [0.717, 1.165) is 39.1 Å². The molecule has 10 aromatic rings. The normalized spacial score (nSPS) is 11.6. The minimum atomic E-state index is -0.300. The number of aromatic nitrogens is 10. The summed E-state index contributed by atoms with van der Waals surface area (Å²) < 4.78 is 7.91. The number of nitrogens with one attached hydrogen (secondary N) is 3. The van der Waals surface area contributed by atoms with Crippen LogP contribution in [0.4, 0.5) is 0 Å². The monoisotopic (exact) mass is 1720 g/mol. The van der Waals surface area contributed by atoms with Gasteiger partial charge < -0.3 is 41.5 Å². The van der Waals surface area contributed by atoms with Gasteiger partial charge in [0.25, 0.3) is 27.8 Å². The van der Waals surface area contributed by atoms with Gasteiger partial charge in [0.15, 0.2) is 28.7 Å². The molecule has 5 heterocycles. The highest BCUT2D eigenvalue weighted by atomic mass is 35.5. The first-order valence-electron chi connectivity index (χ1n) is 35.7.